The molecule has 8 heteroatoms. The number of amides is 2. The monoisotopic (exact) mass is 260 g/mol. The van der Waals surface area contributed by atoms with Crippen LogP contribution in [-0.4, -0.2) is 27.8 Å². The summed E-state index contributed by atoms with van der Waals surface area (Å²) in [6, 6.07) is 6.57. The molecule has 0 aliphatic carbocycles. The van der Waals surface area contributed by atoms with Gasteiger partial charge in [0.25, 0.3) is 11.8 Å². The zero-order chi connectivity index (χ0) is 14.0. The number of ether oxygens (including phenoxy) is 1. The summed E-state index contributed by atoms with van der Waals surface area (Å²) < 4.78 is 4.59. The van der Waals surface area contributed by atoms with Crippen LogP contribution in [0.3, 0.4) is 0 Å². The van der Waals surface area contributed by atoms with Gasteiger partial charge in [0.2, 0.25) is 0 Å². The predicted molar refractivity (Wildman–Crippen MR) is 62.9 cm³/mol. The Morgan fingerprint density at radius 3 is 2.11 bits per heavy atom. The lowest BCUT2D eigenvalue weighted by Gasteiger charge is -2.06. The van der Waals surface area contributed by atoms with E-state index in [-0.39, 0.29) is 5.69 Å². The Hall–Kier alpha value is -3.03. The highest BCUT2D eigenvalue weighted by Gasteiger charge is 2.20. The van der Waals surface area contributed by atoms with Crippen molar-refractivity contribution < 1.29 is 19.1 Å². The zero-order valence-electron chi connectivity index (χ0n) is 9.49. The van der Waals surface area contributed by atoms with Gasteiger partial charge in [-0.05, 0) is 12.1 Å². The van der Waals surface area contributed by atoms with Gasteiger partial charge >= 0.3 is 11.9 Å². The molecule has 0 radical (unpaired) electrons. The summed E-state index contributed by atoms with van der Waals surface area (Å²) in [6.45, 7) is 0. The maximum absolute atomic E-state index is 11.2. The quantitative estimate of drug-likeness (QED) is 0.531. The van der Waals surface area contributed by atoms with E-state index in [9.17, 15) is 14.4 Å². The number of carbonyl (C=O) groups excluding carboxylic acids is 3. The van der Waals surface area contributed by atoms with Crippen molar-refractivity contribution in [2.45, 2.75) is 0 Å². The Morgan fingerprint density at radius 1 is 1.00 bits per heavy atom. The SMILES string of the molecule is NC(=O)C(=O)Oc1nc2ccccc2nc1C(N)=O. The minimum absolute atomic E-state index is 0.353. The lowest BCUT2D eigenvalue weighted by Crippen LogP contribution is -2.29. The van der Waals surface area contributed by atoms with Gasteiger partial charge in [-0.2, -0.15) is 0 Å². The molecule has 2 amide bonds. The Labute approximate surface area is 106 Å². The van der Waals surface area contributed by atoms with Crippen LogP contribution in [-0.2, 0) is 9.59 Å². The van der Waals surface area contributed by atoms with Crippen LogP contribution >= 0.6 is 0 Å². The fraction of sp³-hybridized carbons (Fsp3) is 0. The zero-order valence-corrected chi connectivity index (χ0v) is 9.49. The van der Waals surface area contributed by atoms with Crippen molar-refractivity contribution in [3.8, 4) is 5.88 Å². The highest BCUT2D eigenvalue weighted by atomic mass is 16.5. The molecular weight excluding hydrogens is 252 g/mol. The Morgan fingerprint density at radius 2 is 1.58 bits per heavy atom. The van der Waals surface area contributed by atoms with Gasteiger partial charge in [-0.1, -0.05) is 12.1 Å². The van der Waals surface area contributed by atoms with Gasteiger partial charge in [-0.3, -0.25) is 9.59 Å². The van der Waals surface area contributed by atoms with E-state index in [1.165, 1.54) is 0 Å². The Kier molecular flexibility index (Phi) is 3.06. The molecule has 0 aliphatic heterocycles. The summed E-state index contributed by atoms with van der Waals surface area (Å²) in [5, 5.41) is 0. The van der Waals surface area contributed by atoms with E-state index in [1.807, 2.05) is 0 Å². The van der Waals surface area contributed by atoms with E-state index in [4.69, 9.17) is 11.5 Å². The number of rotatable bonds is 2. The second kappa shape index (κ2) is 4.69. The van der Waals surface area contributed by atoms with Crippen LogP contribution in [0.25, 0.3) is 11.0 Å². The maximum atomic E-state index is 11.2. The van der Waals surface area contributed by atoms with Gasteiger partial charge in [0, 0.05) is 0 Å². The molecule has 4 N–H and O–H groups in total. The lowest BCUT2D eigenvalue weighted by molar-refractivity contribution is -0.146. The molecule has 0 bridgehead atoms. The molecule has 96 valence electrons. The minimum atomic E-state index is -1.35. The lowest BCUT2D eigenvalue weighted by atomic mass is 10.3. The molecule has 19 heavy (non-hydrogen) atoms. The predicted octanol–water partition coefficient (Wildman–Crippen LogP) is -0.881. The number of carbonyl (C=O) groups is 3. The first-order valence-corrected chi connectivity index (χ1v) is 5.07. The molecular formula is C11H8N4O4. The number of hydrogen-bond donors (Lipinski definition) is 2. The number of aromatic nitrogens is 2. The highest BCUT2D eigenvalue weighted by Crippen LogP contribution is 2.18. The van der Waals surface area contributed by atoms with Crippen LogP contribution in [0.2, 0.25) is 0 Å². The molecule has 1 aromatic heterocycles. The fourth-order valence-corrected chi connectivity index (χ4v) is 1.35. The average Bonchev–Trinajstić information content (AvgIpc) is 2.37. The van der Waals surface area contributed by atoms with Gasteiger partial charge in [-0.15, -0.1) is 0 Å². The Balaban J connectivity index is 2.56. The van der Waals surface area contributed by atoms with Gasteiger partial charge < -0.3 is 16.2 Å². The standard InChI is InChI=1S/C11H8N4O4/c12-8(16)7-10(19-11(18)9(13)17)15-6-4-2-1-3-5(6)14-7/h1-4H,(H2,12,16)(H2,13,17). The summed E-state index contributed by atoms with van der Waals surface area (Å²) >= 11 is 0. The molecule has 1 heterocycles. The van der Waals surface area contributed by atoms with Crippen LogP contribution in [0.1, 0.15) is 10.5 Å². The van der Waals surface area contributed by atoms with Crippen molar-refractivity contribution in [3.63, 3.8) is 0 Å². The Bertz CT molecular complexity index is 698. The first-order valence-electron chi connectivity index (χ1n) is 5.07. The van der Waals surface area contributed by atoms with Gasteiger partial charge in [0.05, 0.1) is 11.0 Å². The molecule has 0 atom stereocenters. The van der Waals surface area contributed by atoms with Crippen LogP contribution in [0, 0.1) is 0 Å². The third-order valence-electron chi connectivity index (χ3n) is 2.16. The highest BCUT2D eigenvalue weighted by molar-refractivity contribution is 6.32. The van der Waals surface area contributed by atoms with Gasteiger partial charge in [0.15, 0.2) is 5.69 Å². The van der Waals surface area contributed by atoms with Crippen LogP contribution < -0.4 is 16.2 Å². The number of hydrogen-bond acceptors (Lipinski definition) is 6. The first kappa shape index (κ1) is 12.4. The van der Waals surface area contributed by atoms with Crippen molar-refractivity contribution in [2.24, 2.45) is 11.5 Å². The summed E-state index contributed by atoms with van der Waals surface area (Å²) in [6.07, 6.45) is 0. The first-order chi connectivity index (χ1) is 8.99. The average molecular weight is 260 g/mol. The van der Waals surface area contributed by atoms with Crippen LogP contribution in [0.15, 0.2) is 24.3 Å². The van der Waals surface area contributed by atoms with Crippen LogP contribution in [0.5, 0.6) is 5.88 Å². The molecule has 0 unspecified atom stereocenters. The summed E-state index contributed by atoms with van der Waals surface area (Å²) in [4.78, 5) is 40.8. The number of nitrogens with two attached hydrogens (primary N) is 2. The molecule has 0 fully saturated rings. The topological polar surface area (TPSA) is 138 Å². The second-order valence-corrected chi connectivity index (χ2v) is 3.48. The molecule has 2 rings (SSSR count). The van der Waals surface area contributed by atoms with Gasteiger partial charge in [0.1, 0.15) is 0 Å². The van der Waals surface area contributed by atoms with Crippen molar-refractivity contribution in [1.29, 1.82) is 0 Å². The number of esters is 1. The second-order valence-electron chi connectivity index (χ2n) is 3.48. The van der Waals surface area contributed by atoms with E-state index in [0.717, 1.165) is 0 Å². The minimum Gasteiger partial charge on any atom is -0.398 e. The molecule has 0 saturated carbocycles. The molecule has 8 nitrogen and oxygen atoms in total. The normalized spacial score (nSPS) is 10.1. The van der Waals surface area contributed by atoms with E-state index in [1.54, 1.807) is 24.3 Å². The molecule has 0 saturated heterocycles. The molecule has 0 aliphatic rings. The summed E-state index contributed by atoms with van der Waals surface area (Å²) in [5.41, 5.74) is 10.3. The number of fused-ring (bicyclic) bond motifs is 1. The third-order valence-corrected chi connectivity index (χ3v) is 2.16. The number of nitrogens with zero attached hydrogens (tertiary/aromatic N) is 2. The summed E-state index contributed by atoms with van der Waals surface area (Å²) in [7, 11) is 0. The molecule has 1 aromatic carbocycles. The van der Waals surface area contributed by atoms with Crippen molar-refractivity contribution >= 4 is 28.8 Å². The fourth-order valence-electron chi connectivity index (χ4n) is 1.35. The maximum Gasteiger partial charge on any atom is 0.403 e. The van der Waals surface area contributed by atoms with E-state index in [0.29, 0.717) is 11.0 Å². The summed E-state index contributed by atoms with van der Waals surface area (Å²) in [5.74, 6) is -4.06. The smallest absolute Gasteiger partial charge is 0.398 e. The number of para-hydroxylation sites is 2. The van der Waals surface area contributed by atoms with E-state index < -0.39 is 23.7 Å². The van der Waals surface area contributed by atoms with E-state index in [2.05, 4.69) is 14.7 Å². The number of benzene rings is 1. The largest absolute Gasteiger partial charge is 0.403 e. The number of primary amides is 2. The molecule has 0 spiro atoms. The van der Waals surface area contributed by atoms with Crippen molar-refractivity contribution in [3.05, 3.63) is 30.0 Å². The molecule has 2 aromatic rings. The van der Waals surface area contributed by atoms with Crippen molar-refractivity contribution in [1.82, 2.24) is 9.97 Å². The van der Waals surface area contributed by atoms with E-state index >= 15 is 0 Å². The third kappa shape index (κ3) is 2.46. The van der Waals surface area contributed by atoms with Gasteiger partial charge in [-0.25, -0.2) is 14.8 Å². The van der Waals surface area contributed by atoms with Crippen LogP contribution in [0.4, 0.5) is 0 Å². The van der Waals surface area contributed by atoms with Crippen molar-refractivity contribution in [2.75, 3.05) is 0 Å².